The van der Waals surface area contributed by atoms with Gasteiger partial charge in [0.15, 0.2) is 0 Å². The highest BCUT2D eigenvalue weighted by molar-refractivity contribution is 7.89. The molecule has 0 saturated carbocycles. The first-order chi connectivity index (χ1) is 14.5. The van der Waals surface area contributed by atoms with Gasteiger partial charge in [-0.25, -0.2) is 22.8 Å². The molecule has 4 rings (SSSR count). The summed E-state index contributed by atoms with van der Waals surface area (Å²) in [6.45, 7) is 1.76. The molecule has 0 bridgehead atoms. The van der Waals surface area contributed by atoms with Crippen LogP contribution in [0.25, 0.3) is 0 Å². The third kappa shape index (κ3) is 4.26. The van der Waals surface area contributed by atoms with Crippen molar-refractivity contribution in [3.63, 3.8) is 0 Å². The molecule has 1 aromatic carbocycles. The number of hydrogen-bond donors (Lipinski definition) is 0. The first kappa shape index (κ1) is 21.0. The van der Waals surface area contributed by atoms with Crippen LogP contribution in [-0.4, -0.2) is 62.2 Å². The number of piperidine rings is 1. The number of fused-ring (bicyclic) bond motifs is 1. The van der Waals surface area contributed by atoms with Crippen LogP contribution >= 0.6 is 0 Å². The highest BCUT2D eigenvalue weighted by Gasteiger charge is 2.33. The van der Waals surface area contributed by atoms with E-state index >= 15 is 0 Å². The summed E-state index contributed by atoms with van der Waals surface area (Å²) in [5.41, 5.74) is 1.91. The molecule has 0 spiro atoms. The molecule has 8 nitrogen and oxygen atoms in total. The zero-order valence-corrected chi connectivity index (χ0v) is 17.5. The lowest BCUT2D eigenvalue weighted by atomic mass is 10.1. The predicted octanol–water partition coefficient (Wildman–Crippen LogP) is 1.97. The van der Waals surface area contributed by atoms with Crippen LogP contribution in [0.4, 0.5) is 4.39 Å². The first-order valence-electron chi connectivity index (χ1n) is 9.90. The minimum Gasteiger partial charge on any atom is -0.495 e. The lowest BCUT2D eigenvalue weighted by molar-refractivity contribution is 0.126. The second kappa shape index (κ2) is 8.83. The van der Waals surface area contributed by atoms with E-state index in [0.29, 0.717) is 38.4 Å². The van der Waals surface area contributed by atoms with Crippen molar-refractivity contribution in [1.29, 1.82) is 0 Å². The van der Waals surface area contributed by atoms with Gasteiger partial charge in [0.05, 0.1) is 26.0 Å². The van der Waals surface area contributed by atoms with Crippen LogP contribution in [0.3, 0.4) is 0 Å². The van der Waals surface area contributed by atoms with E-state index in [4.69, 9.17) is 14.2 Å². The molecule has 0 N–H and O–H groups in total. The van der Waals surface area contributed by atoms with E-state index in [1.807, 2.05) is 0 Å². The SMILES string of the molecule is COc1ccc(F)cc1S(=O)(=O)N1CCC(Oc2ncnc3c2CCOCC3)CC1. The van der Waals surface area contributed by atoms with Gasteiger partial charge in [-0.2, -0.15) is 4.31 Å². The van der Waals surface area contributed by atoms with Crippen LogP contribution in [0.15, 0.2) is 29.4 Å². The van der Waals surface area contributed by atoms with Crippen LogP contribution < -0.4 is 9.47 Å². The van der Waals surface area contributed by atoms with Crippen LogP contribution in [-0.2, 0) is 27.6 Å². The standard InChI is InChI=1S/C20H24FN3O5S/c1-27-18-3-2-14(21)12-19(18)30(25,26)24-8-4-15(5-9-24)29-20-16-6-10-28-11-7-17(16)22-13-23-20/h2-3,12-13,15H,4-11H2,1H3. The zero-order chi connectivity index (χ0) is 21.1. The summed E-state index contributed by atoms with van der Waals surface area (Å²) in [5.74, 6) is 0.0558. The quantitative estimate of drug-likeness (QED) is 0.706. The van der Waals surface area contributed by atoms with E-state index in [1.54, 1.807) is 0 Å². The zero-order valence-electron chi connectivity index (χ0n) is 16.7. The molecule has 2 aliphatic heterocycles. The maximum atomic E-state index is 13.7. The van der Waals surface area contributed by atoms with Crippen LogP contribution in [0.2, 0.25) is 0 Å². The number of nitrogens with zero attached hydrogens (tertiary/aromatic N) is 3. The highest BCUT2D eigenvalue weighted by Crippen LogP contribution is 2.30. The van der Waals surface area contributed by atoms with Gasteiger partial charge in [-0.1, -0.05) is 0 Å². The van der Waals surface area contributed by atoms with Crippen molar-refractivity contribution in [2.24, 2.45) is 0 Å². The van der Waals surface area contributed by atoms with E-state index in [2.05, 4.69) is 9.97 Å². The number of ether oxygens (including phenoxy) is 3. The van der Waals surface area contributed by atoms with Crippen molar-refractivity contribution in [3.05, 3.63) is 41.6 Å². The Bertz CT molecular complexity index is 1010. The van der Waals surface area contributed by atoms with Crippen LogP contribution in [0, 0.1) is 5.82 Å². The van der Waals surface area contributed by atoms with E-state index in [9.17, 15) is 12.8 Å². The van der Waals surface area contributed by atoms with Gasteiger partial charge in [0, 0.05) is 31.5 Å². The molecule has 2 aromatic rings. The Hall–Kier alpha value is -2.30. The number of sulfonamides is 1. The Labute approximate surface area is 175 Å². The number of benzene rings is 1. The van der Waals surface area contributed by atoms with E-state index < -0.39 is 15.8 Å². The van der Waals surface area contributed by atoms with E-state index in [1.165, 1.54) is 29.9 Å². The Morgan fingerprint density at radius 3 is 2.70 bits per heavy atom. The van der Waals surface area contributed by atoms with Crippen molar-refractivity contribution in [3.8, 4) is 11.6 Å². The molecule has 0 unspecified atom stereocenters. The van der Waals surface area contributed by atoms with E-state index in [0.717, 1.165) is 23.7 Å². The molecular formula is C20H24FN3O5S. The topological polar surface area (TPSA) is 90.9 Å². The molecule has 1 aromatic heterocycles. The Balaban J connectivity index is 1.45. The molecule has 0 amide bonds. The molecule has 30 heavy (non-hydrogen) atoms. The average molecular weight is 437 g/mol. The summed E-state index contributed by atoms with van der Waals surface area (Å²) < 4.78 is 57.8. The molecule has 0 atom stereocenters. The van der Waals surface area contributed by atoms with E-state index in [-0.39, 0.29) is 29.8 Å². The first-order valence-corrected chi connectivity index (χ1v) is 11.3. The summed E-state index contributed by atoms with van der Waals surface area (Å²) in [7, 11) is -2.51. The minimum atomic E-state index is -3.87. The number of halogens is 1. The van der Waals surface area contributed by atoms with Gasteiger partial charge in [0.2, 0.25) is 15.9 Å². The number of rotatable bonds is 5. The van der Waals surface area contributed by atoms with Crippen molar-refractivity contribution < 1.29 is 27.0 Å². The number of hydrogen-bond acceptors (Lipinski definition) is 7. The molecule has 2 aliphatic rings. The minimum absolute atomic E-state index is 0.126. The molecule has 3 heterocycles. The summed E-state index contributed by atoms with van der Waals surface area (Å²) >= 11 is 0. The second-order valence-electron chi connectivity index (χ2n) is 7.23. The molecule has 0 radical (unpaired) electrons. The summed E-state index contributed by atoms with van der Waals surface area (Å²) in [6, 6.07) is 3.49. The van der Waals surface area contributed by atoms with Crippen molar-refractivity contribution in [2.75, 3.05) is 33.4 Å². The van der Waals surface area contributed by atoms with Crippen molar-refractivity contribution in [1.82, 2.24) is 14.3 Å². The van der Waals surface area contributed by atoms with Crippen molar-refractivity contribution in [2.45, 2.75) is 36.7 Å². The molecule has 162 valence electrons. The average Bonchev–Trinajstić information content (AvgIpc) is 3.00. The number of methoxy groups -OCH3 is 1. The second-order valence-corrected chi connectivity index (χ2v) is 9.14. The van der Waals surface area contributed by atoms with Gasteiger partial charge < -0.3 is 14.2 Å². The number of aromatic nitrogens is 2. The summed E-state index contributed by atoms with van der Waals surface area (Å²) in [6.07, 6.45) is 3.76. The van der Waals surface area contributed by atoms with Gasteiger partial charge in [-0.05, 0) is 31.0 Å². The Morgan fingerprint density at radius 2 is 1.93 bits per heavy atom. The fraction of sp³-hybridized carbons (Fsp3) is 0.500. The maximum Gasteiger partial charge on any atom is 0.246 e. The largest absolute Gasteiger partial charge is 0.495 e. The lowest BCUT2D eigenvalue weighted by Crippen LogP contribution is -2.42. The lowest BCUT2D eigenvalue weighted by Gasteiger charge is -2.31. The van der Waals surface area contributed by atoms with Crippen LogP contribution in [0.5, 0.6) is 11.6 Å². The Kier molecular flexibility index (Phi) is 6.16. The van der Waals surface area contributed by atoms with Gasteiger partial charge in [-0.3, -0.25) is 0 Å². The smallest absolute Gasteiger partial charge is 0.246 e. The monoisotopic (exact) mass is 437 g/mol. The third-order valence-corrected chi connectivity index (χ3v) is 7.32. The Morgan fingerprint density at radius 1 is 1.17 bits per heavy atom. The van der Waals surface area contributed by atoms with Crippen LogP contribution in [0.1, 0.15) is 24.1 Å². The third-order valence-electron chi connectivity index (χ3n) is 5.40. The normalized spacial score (nSPS) is 18.5. The molecule has 1 saturated heterocycles. The van der Waals surface area contributed by atoms with Gasteiger partial charge in [0.1, 0.15) is 28.9 Å². The van der Waals surface area contributed by atoms with Crippen molar-refractivity contribution >= 4 is 10.0 Å². The van der Waals surface area contributed by atoms with Gasteiger partial charge >= 0.3 is 0 Å². The van der Waals surface area contributed by atoms with Gasteiger partial charge in [0.25, 0.3) is 0 Å². The fourth-order valence-electron chi connectivity index (χ4n) is 3.78. The fourth-order valence-corrected chi connectivity index (χ4v) is 5.42. The summed E-state index contributed by atoms with van der Waals surface area (Å²) in [4.78, 5) is 8.47. The molecule has 10 heteroatoms. The molecular weight excluding hydrogens is 413 g/mol. The summed E-state index contributed by atoms with van der Waals surface area (Å²) in [5, 5.41) is 0. The predicted molar refractivity (Wildman–Crippen MR) is 106 cm³/mol. The van der Waals surface area contributed by atoms with Gasteiger partial charge in [-0.15, -0.1) is 0 Å². The highest BCUT2D eigenvalue weighted by atomic mass is 32.2. The maximum absolute atomic E-state index is 13.7. The molecule has 0 aliphatic carbocycles. The molecule has 1 fully saturated rings.